The van der Waals surface area contributed by atoms with Crippen LogP contribution in [0.4, 0.5) is 0 Å². The first kappa shape index (κ1) is 19.6. The third-order valence-corrected chi connectivity index (χ3v) is 6.24. The maximum absolute atomic E-state index is 12.8. The fourth-order valence-electron chi connectivity index (χ4n) is 4.39. The molecule has 0 spiro atoms. The largest absolute Gasteiger partial charge is 0.342 e. The predicted molar refractivity (Wildman–Crippen MR) is 98.5 cm³/mol. The van der Waals surface area contributed by atoms with Crippen LogP contribution >= 0.6 is 0 Å². The molecule has 0 unspecified atom stereocenters. The lowest BCUT2D eigenvalue weighted by molar-refractivity contribution is -0.145. The van der Waals surface area contributed by atoms with E-state index in [-0.39, 0.29) is 29.6 Å². The highest BCUT2D eigenvalue weighted by Crippen LogP contribution is 2.31. The molecule has 0 radical (unpaired) electrons. The lowest BCUT2D eigenvalue weighted by Crippen LogP contribution is -2.52. The third-order valence-electron chi connectivity index (χ3n) is 6.24. The summed E-state index contributed by atoms with van der Waals surface area (Å²) in [5, 5.41) is 0. The second kappa shape index (κ2) is 8.71. The first-order valence-electron chi connectivity index (χ1n) is 10.0. The second-order valence-electron chi connectivity index (χ2n) is 7.85. The molecule has 0 aromatic heterocycles. The number of hydrogen-bond acceptors (Lipinski definition) is 4. The molecular formula is C19H30N4O4. The van der Waals surface area contributed by atoms with Crippen LogP contribution in [0, 0.1) is 11.8 Å². The van der Waals surface area contributed by atoms with Crippen LogP contribution in [-0.4, -0.2) is 96.1 Å². The average molecular weight is 378 g/mol. The average Bonchev–Trinajstić information content (AvgIpc) is 2.73. The van der Waals surface area contributed by atoms with Gasteiger partial charge in [-0.25, -0.2) is 0 Å². The van der Waals surface area contributed by atoms with E-state index in [4.69, 9.17) is 0 Å². The Morgan fingerprint density at radius 1 is 0.667 bits per heavy atom. The molecule has 4 amide bonds. The van der Waals surface area contributed by atoms with Gasteiger partial charge < -0.3 is 19.6 Å². The van der Waals surface area contributed by atoms with Gasteiger partial charge in [0, 0.05) is 71.1 Å². The van der Waals surface area contributed by atoms with Crippen LogP contribution in [0.25, 0.3) is 0 Å². The lowest BCUT2D eigenvalue weighted by atomic mass is 9.80. The Bertz CT molecular complexity index is 572. The van der Waals surface area contributed by atoms with Crippen LogP contribution in [0.3, 0.4) is 0 Å². The maximum atomic E-state index is 12.8. The van der Waals surface area contributed by atoms with Crippen molar-refractivity contribution in [3.63, 3.8) is 0 Å². The minimum atomic E-state index is 0.00448. The minimum Gasteiger partial charge on any atom is -0.342 e. The number of carbonyl (C=O) groups is 4. The van der Waals surface area contributed by atoms with E-state index >= 15 is 0 Å². The van der Waals surface area contributed by atoms with Crippen molar-refractivity contribution >= 4 is 24.1 Å². The molecule has 0 atom stereocenters. The lowest BCUT2D eigenvalue weighted by Gasteiger charge is -2.39. The Balaban J connectivity index is 1.43. The minimum absolute atomic E-state index is 0.00448. The van der Waals surface area contributed by atoms with Gasteiger partial charge in [-0.15, -0.1) is 0 Å². The fourth-order valence-corrected chi connectivity index (χ4v) is 4.39. The molecule has 150 valence electrons. The van der Waals surface area contributed by atoms with E-state index < -0.39 is 0 Å². The summed E-state index contributed by atoms with van der Waals surface area (Å²) < 4.78 is 0. The first-order chi connectivity index (χ1) is 13.0. The van der Waals surface area contributed by atoms with Crippen molar-refractivity contribution < 1.29 is 19.2 Å². The fraction of sp³-hybridized carbons (Fsp3) is 0.789. The predicted octanol–water partition coefficient (Wildman–Crippen LogP) is -0.216. The standard InChI is InChI=1S/C19H30N4O4/c1-15(25)21-10-12-23(13-11-21)19(27)17-4-2-16(3-5-17)18(26)22-8-6-20(14-24)7-9-22/h14,16-17H,2-13H2,1H3. The molecule has 3 fully saturated rings. The van der Waals surface area contributed by atoms with Crippen LogP contribution in [0.1, 0.15) is 32.6 Å². The molecule has 3 rings (SSSR count). The Kier molecular flexibility index (Phi) is 6.34. The van der Waals surface area contributed by atoms with Crippen LogP contribution in [-0.2, 0) is 19.2 Å². The van der Waals surface area contributed by atoms with E-state index in [1.807, 2.05) is 9.80 Å². The van der Waals surface area contributed by atoms with Crippen LogP contribution in [0.15, 0.2) is 0 Å². The second-order valence-corrected chi connectivity index (χ2v) is 7.85. The topological polar surface area (TPSA) is 81.2 Å². The Labute approximate surface area is 160 Å². The van der Waals surface area contributed by atoms with Gasteiger partial charge in [-0.2, -0.15) is 0 Å². The van der Waals surface area contributed by atoms with Gasteiger partial charge in [0.15, 0.2) is 0 Å². The zero-order chi connectivity index (χ0) is 19.4. The van der Waals surface area contributed by atoms with Crippen molar-refractivity contribution in [2.24, 2.45) is 11.8 Å². The van der Waals surface area contributed by atoms with E-state index in [1.165, 1.54) is 0 Å². The van der Waals surface area contributed by atoms with Crippen LogP contribution in [0.5, 0.6) is 0 Å². The zero-order valence-electron chi connectivity index (χ0n) is 16.1. The molecule has 8 nitrogen and oxygen atoms in total. The highest BCUT2D eigenvalue weighted by atomic mass is 16.2. The van der Waals surface area contributed by atoms with Gasteiger partial charge >= 0.3 is 0 Å². The van der Waals surface area contributed by atoms with Gasteiger partial charge in [-0.3, -0.25) is 19.2 Å². The molecule has 0 aromatic carbocycles. The summed E-state index contributed by atoms with van der Waals surface area (Å²) in [6.45, 7) is 6.44. The van der Waals surface area contributed by atoms with Gasteiger partial charge in [-0.05, 0) is 25.7 Å². The molecule has 1 saturated carbocycles. The Morgan fingerprint density at radius 3 is 1.41 bits per heavy atom. The molecule has 0 aromatic rings. The van der Waals surface area contributed by atoms with Crippen LogP contribution < -0.4 is 0 Å². The SMILES string of the molecule is CC(=O)N1CCN(C(=O)C2CCC(C(=O)N3CCN(C=O)CC3)CC2)CC1. The molecule has 1 aliphatic carbocycles. The van der Waals surface area contributed by atoms with Crippen molar-refractivity contribution in [3.05, 3.63) is 0 Å². The van der Waals surface area contributed by atoms with E-state index in [0.717, 1.165) is 32.1 Å². The highest BCUT2D eigenvalue weighted by Gasteiger charge is 2.35. The van der Waals surface area contributed by atoms with Crippen LogP contribution in [0.2, 0.25) is 0 Å². The number of amides is 4. The molecule has 0 N–H and O–H groups in total. The van der Waals surface area contributed by atoms with Crippen molar-refractivity contribution in [3.8, 4) is 0 Å². The van der Waals surface area contributed by atoms with Crippen molar-refractivity contribution in [1.29, 1.82) is 0 Å². The smallest absolute Gasteiger partial charge is 0.225 e. The summed E-state index contributed by atoms with van der Waals surface area (Å²) in [6.07, 6.45) is 3.88. The highest BCUT2D eigenvalue weighted by molar-refractivity contribution is 5.82. The van der Waals surface area contributed by atoms with E-state index in [9.17, 15) is 19.2 Å². The number of rotatable bonds is 3. The molecule has 8 heteroatoms. The normalized spacial score (nSPS) is 26.7. The molecule has 3 aliphatic rings. The third kappa shape index (κ3) is 4.59. The maximum Gasteiger partial charge on any atom is 0.225 e. The number of piperazine rings is 2. The number of hydrogen-bond donors (Lipinski definition) is 0. The summed E-state index contributed by atoms with van der Waals surface area (Å²) in [7, 11) is 0. The zero-order valence-corrected chi connectivity index (χ0v) is 16.1. The summed E-state index contributed by atoms with van der Waals surface area (Å²) >= 11 is 0. The Hall–Kier alpha value is -2.12. The summed E-state index contributed by atoms with van der Waals surface area (Å²) in [4.78, 5) is 54.9. The number of nitrogens with zero attached hydrogens (tertiary/aromatic N) is 4. The Morgan fingerprint density at radius 2 is 1.04 bits per heavy atom. The molecule has 2 aliphatic heterocycles. The van der Waals surface area contributed by atoms with Crippen molar-refractivity contribution in [2.45, 2.75) is 32.6 Å². The van der Waals surface area contributed by atoms with E-state index in [2.05, 4.69) is 0 Å². The molecule has 2 saturated heterocycles. The first-order valence-corrected chi connectivity index (χ1v) is 10.0. The van der Waals surface area contributed by atoms with Gasteiger partial charge in [0.25, 0.3) is 0 Å². The number of carbonyl (C=O) groups excluding carboxylic acids is 4. The van der Waals surface area contributed by atoms with Crippen molar-refractivity contribution in [2.75, 3.05) is 52.4 Å². The molecule has 27 heavy (non-hydrogen) atoms. The summed E-state index contributed by atoms with van der Waals surface area (Å²) in [5.41, 5.74) is 0. The van der Waals surface area contributed by atoms with Gasteiger partial charge in [0.05, 0.1) is 0 Å². The van der Waals surface area contributed by atoms with Gasteiger partial charge in [0.2, 0.25) is 24.1 Å². The summed E-state index contributed by atoms with van der Waals surface area (Å²) in [6, 6.07) is 0. The van der Waals surface area contributed by atoms with E-state index in [0.29, 0.717) is 52.4 Å². The molecule has 0 bridgehead atoms. The van der Waals surface area contributed by atoms with E-state index in [1.54, 1.807) is 16.7 Å². The quantitative estimate of drug-likeness (QED) is 0.636. The van der Waals surface area contributed by atoms with Crippen molar-refractivity contribution in [1.82, 2.24) is 19.6 Å². The summed E-state index contributed by atoms with van der Waals surface area (Å²) in [5.74, 6) is 0.441. The molecular weight excluding hydrogens is 348 g/mol. The van der Waals surface area contributed by atoms with Gasteiger partial charge in [-0.1, -0.05) is 0 Å². The molecule has 2 heterocycles. The van der Waals surface area contributed by atoms with Gasteiger partial charge in [0.1, 0.15) is 0 Å². The monoisotopic (exact) mass is 378 g/mol.